The van der Waals surface area contributed by atoms with Gasteiger partial charge in [0.2, 0.25) is 0 Å². The van der Waals surface area contributed by atoms with E-state index in [-0.39, 0.29) is 30.0 Å². The second-order valence-corrected chi connectivity index (χ2v) is 8.29. The molecule has 4 rings (SSSR count). The molecular formula is C26H27N3O5. The van der Waals surface area contributed by atoms with E-state index in [1.807, 2.05) is 61.5 Å². The molecule has 0 unspecified atom stereocenters. The molecule has 1 aromatic heterocycles. The van der Waals surface area contributed by atoms with Gasteiger partial charge in [-0.15, -0.1) is 0 Å². The van der Waals surface area contributed by atoms with Gasteiger partial charge in [0.15, 0.2) is 6.61 Å². The van der Waals surface area contributed by atoms with Gasteiger partial charge < -0.3 is 14.4 Å². The van der Waals surface area contributed by atoms with Gasteiger partial charge in [-0.1, -0.05) is 48.0 Å². The third kappa shape index (κ3) is 5.17. The highest BCUT2D eigenvalue weighted by Gasteiger charge is 2.29. The van der Waals surface area contributed by atoms with Crippen molar-refractivity contribution in [1.82, 2.24) is 14.7 Å². The van der Waals surface area contributed by atoms with Gasteiger partial charge in [-0.2, -0.15) is 5.10 Å². The molecule has 1 aliphatic rings. The lowest BCUT2D eigenvalue weighted by molar-refractivity contribution is -0.149. The van der Waals surface area contributed by atoms with Gasteiger partial charge in [0.05, 0.1) is 18.7 Å². The fourth-order valence-electron chi connectivity index (χ4n) is 3.99. The topological polar surface area (TPSA) is 90.7 Å². The standard InChI is InChI=1S/C26H27N3O5/c1-18-8-10-21(11-9-18)29-16-22(24(27-29)19-6-4-3-5-7-19)26(32)34-17-23(30)28-14-12-20(13-15-28)25(31)33-2/h3-11,16,20H,12-15,17H2,1-2H3. The molecule has 0 saturated carbocycles. The number of aryl methyl sites for hydroxylation is 1. The molecule has 2 heterocycles. The molecule has 0 atom stereocenters. The fraction of sp³-hybridized carbons (Fsp3) is 0.308. The molecule has 1 amide bonds. The van der Waals surface area contributed by atoms with Crippen molar-refractivity contribution >= 4 is 17.8 Å². The summed E-state index contributed by atoms with van der Waals surface area (Å²) in [4.78, 5) is 38.9. The molecule has 0 bridgehead atoms. The molecule has 176 valence electrons. The molecule has 3 aromatic rings. The van der Waals surface area contributed by atoms with E-state index in [2.05, 4.69) is 5.10 Å². The van der Waals surface area contributed by atoms with Crippen LogP contribution in [-0.4, -0.2) is 59.3 Å². The van der Waals surface area contributed by atoms with Crippen LogP contribution in [0.5, 0.6) is 0 Å². The maximum absolute atomic E-state index is 13.0. The van der Waals surface area contributed by atoms with E-state index in [1.54, 1.807) is 15.8 Å². The Morgan fingerprint density at radius 2 is 1.68 bits per heavy atom. The Bertz CT molecular complexity index is 1160. The summed E-state index contributed by atoms with van der Waals surface area (Å²) in [5.41, 5.74) is 3.47. The van der Waals surface area contributed by atoms with Gasteiger partial charge in [-0.25, -0.2) is 9.48 Å². The first kappa shape index (κ1) is 23.2. The summed E-state index contributed by atoms with van der Waals surface area (Å²) < 4.78 is 11.8. The number of carbonyl (C=O) groups excluding carboxylic acids is 3. The molecule has 1 fully saturated rings. The minimum absolute atomic E-state index is 0.197. The van der Waals surface area contributed by atoms with Crippen LogP contribution >= 0.6 is 0 Å². The first-order valence-corrected chi connectivity index (χ1v) is 11.2. The molecule has 0 N–H and O–H groups in total. The number of carbonyl (C=O) groups is 3. The summed E-state index contributed by atoms with van der Waals surface area (Å²) in [5.74, 6) is -1.35. The maximum atomic E-state index is 13.0. The number of benzene rings is 2. The number of hydrogen-bond acceptors (Lipinski definition) is 6. The van der Waals surface area contributed by atoms with Crippen molar-refractivity contribution in [2.24, 2.45) is 5.92 Å². The van der Waals surface area contributed by atoms with Crippen LogP contribution in [0.3, 0.4) is 0 Å². The van der Waals surface area contributed by atoms with Gasteiger partial charge in [0.1, 0.15) is 11.3 Å². The van der Waals surface area contributed by atoms with Crippen LogP contribution in [0.15, 0.2) is 60.8 Å². The highest BCUT2D eigenvalue weighted by Crippen LogP contribution is 2.25. The summed E-state index contributed by atoms with van der Waals surface area (Å²) in [7, 11) is 1.37. The maximum Gasteiger partial charge on any atom is 0.342 e. The highest BCUT2D eigenvalue weighted by molar-refractivity contribution is 5.97. The van der Waals surface area contributed by atoms with Crippen molar-refractivity contribution in [1.29, 1.82) is 0 Å². The first-order valence-electron chi connectivity index (χ1n) is 11.2. The second kappa shape index (κ2) is 10.3. The van der Waals surface area contributed by atoms with E-state index in [0.29, 0.717) is 31.6 Å². The Morgan fingerprint density at radius 1 is 1.00 bits per heavy atom. The molecule has 1 saturated heterocycles. The molecule has 34 heavy (non-hydrogen) atoms. The molecule has 2 aromatic carbocycles. The van der Waals surface area contributed by atoms with Gasteiger partial charge in [0, 0.05) is 24.8 Å². The first-order chi connectivity index (χ1) is 16.5. The van der Waals surface area contributed by atoms with Crippen LogP contribution in [0, 0.1) is 12.8 Å². The zero-order valence-corrected chi connectivity index (χ0v) is 19.3. The van der Waals surface area contributed by atoms with Crippen molar-refractivity contribution in [3.05, 3.63) is 71.9 Å². The summed E-state index contributed by atoms with van der Waals surface area (Å²) in [6.07, 6.45) is 2.70. The Balaban J connectivity index is 1.47. The van der Waals surface area contributed by atoms with E-state index in [0.717, 1.165) is 16.8 Å². The third-order valence-electron chi connectivity index (χ3n) is 5.99. The van der Waals surface area contributed by atoms with E-state index >= 15 is 0 Å². The van der Waals surface area contributed by atoms with Crippen molar-refractivity contribution in [2.45, 2.75) is 19.8 Å². The molecule has 0 radical (unpaired) electrons. The summed E-state index contributed by atoms with van der Waals surface area (Å²) in [5, 5.41) is 4.63. The average molecular weight is 462 g/mol. The minimum Gasteiger partial charge on any atom is -0.469 e. The Kier molecular flexibility index (Phi) is 7.06. The molecule has 8 heteroatoms. The normalized spacial score (nSPS) is 14.0. The second-order valence-electron chi connectivity index (χ2n) is 8.29. The van der Waals surface area contributed by atoms with Gasteiger partial charge >= 0.3 is 11.9 Å². The van der Waals surface area contributed by atoms with Crippen molar-refractivity contribution in [2.75, 3.05) is 26.8 Å². The van der Waals surface area contributed by atoms with Crippen LogP contribution in [0.4, 0.5) is 0 Å². The van der Waals surface area contributed by atoms with Gasteiger partial charge in [0.25, 0.3) is 5.91 Å². The number of amides is 1. The number of hydrogen-bond donors (Lipinski definition) is 0. The van der Waals surface area contributed by atoms with E-state index in [9.17, 15) is 14.4 Å². The predicted octanol–water partition coefficient (Wildman–Crippen LogP) is 3.42. The van der Waals surface area contributed by atoms with Crippen LogP contribution < -0.4 is 0 Å². The largest absolute Gasteiger partial charge is 0.469 e. The smallest absolute Gasteiger partial charge is 0.342 e. The Hall–Kier alpha value is -3.94. The lowest BCUT2D eigenvalue weighted by Gasteiger charge is -2.30. The molecule has 0 spiro atoms. The van der Waals surface area contributed by atoms with E-state index in [4.69, 9.17) is 9.47 Å². The van der Waals surface area contributed by atoms with Crippen LogP contribution in [0.25, 0.3) is 16.9 Å². The summed E-state index contributed by atoms with van der Waals surface area (Å²) >= 11 is 0. The summed E-state index contributed by atoms with van der Waals surface area (Å²) in [6, 6.07) is 17.2. The number of likely N-dealkylation sites (tertiary alicyclic amines) is 1. The highest BCUT2D eigenvalue weighted by atomic mass is 16.5. The van der Waals surface area contributed by atoms with Crippen LogP contribution in [-0.2, 0) is 19.1 Å². The van der Waals surface area contributed by atoms with Crippen LogP contribution in [0.1, 0.15) is 28.8 Å². The molecule has 0 aliphatic carbocycles. The number of methoxy groups -OCH3 is 1. The number of nitrogens with zero attached hydrogens (tertiary/aromatic N) is 3. The van der Waals surface area contributed by atoms with Crippen molar-refractivity contribution in [3.8, 4) is 16.9 Å². The third-order valence-corrected chi connectivity index (χ3v) is 5.99. The van der Waals surface area contributed by atoms with Gasteiger partial charge in [-0.3, -0.25) is 9.59 Å². The molecule has 8 nitrogen and oxygen atoms in total. The predicted molar refractivity (Wildman–Crippen MR) is 125 cm³/mol. The Labute approximate surface area is 198 Å². The monoisotopic (exact) mass is 461 g/mol. The lowest BCUT2D eigenvalue weighted by atomic mass is 9.97. The zero-order valence-electron chi connectivity index (χ0n) is 19.3. The van der Waals surface area contributed by atoms with E-state index in [1.165, 1.54) is 7.11 Å². The number of aromatic nitrogens is 2. The van der Waals surface area contributed by atoms with Gasteiger partial charge in [-0.05, 0) is 31.9 Å². The van der Waals surface area contributed by atoms with Crippen molar-refractivity contribution < 1.29 is 23.9 Å². The van der Waals surface area contributed by atoms with Crippen LogP contribution in [0.2, 0.25) is 0 Å². The summed E-state index contributed by atoms with van der Waals surface area (Å²) in [6.45, 7) is 2.49. The van der Waals surface area contributed by atoms with Crippen molar-refractivity contribution in [3.63, 3.8) is 0 Å². The number of ether oxygens (including phenoxy) is 2. The number of piperidine rings is 1. The minimum atomic E-state index is -0.616. The quantitative estimate of drug-likeness (QED) is 0.523. The van der Waals surface area contributed by atoms with E-state index < -0.39 is 5.97 Å². The Morgan fingerprint density at radius 3 is 2.32 bits per heavy atom. The number of rotatable bonds is 6. The SMILES string of the molecule is COC(=O)C1CCN(C(=O)COC(=O)c2cn(-c3ccc(C)cc3)nc2-c2ccccc2)CC1. The molecular weight excluding hydrogens is 434 g/mol. The number of esters is 2. The lowest BCUT2D eigenvalue weighted by Crippen LogP contribution is -2.42. The zero-order chi connectivity index (χ0) is 24.1. The fourth-order valence-corrected chi connectivity index (χ4v) is 3.99. The average Bonchev–Trinajstić information content (AvgIpc) is 3.33. The molecule has 1 aliphatic heterocycles.